The summed E-state index contributed by atoms with van der Waals surface area (Å²) in [6.45, 7) is 1.04. The molecule has 0 aliphatic carbocycles. The number of amides is 1. The van der Waals surface area contributed by atoms with Crippen LogP contribution in [-0.2, 0) is 0 Å². The van der Waals surface area contributed by atoms with Gasteiger partial charge in [-0.2, -0.15) is 0 Å². The van der Waals surface area contributed by atoms with E-state index < -0.39 is 0 Å². The van der Waals surface area contributed by atoms with Gasteiger partial charge < -0.3 is 19.2 Å². The molecule has 1 N–H and O–H groups in total. The van der Waals surface area contributed by atoms with Crippen molar-refractivity contribution < 1.29 is 18.7 Å². The first-order valence-electron chi connectivity index (χ1n) is 8.91. The van der Waals surface area contributed by atoms with Crippen LogP contribution >= 0.6 is 0 Å². The summed E-state index contributed by atoms with van der Waals surface area (Å²) >= 11 is 0. The van der Waals surface area contributed by atoms with Gasteiger partial charge in [-0.3, -0.25) is 4.79 Å². The standard InChI is InChI=1S/C20H15N5O4/c26-20(22-14-2-1-3-15(11-14)25-12-21-23-24-25)18-7-6-16(29-18)13-4-5-17-19(10-13)28-9-8-27-17/h1-7,10-12H,8-9H2,(H,22,26). The fourth-order valence-corrected chi connectivity index (χ4v) is 3.01. The Morgan fingerprint density at radius 1 is 1.00 bits per heavy atom. The van der Waals surface area contributed by atoms with E-state index in [1.807, 2.05) is 24.3 Å². The monoisotopic (exact) mass is 389 g/mol. The lowest BCUT2D eigenvalue weighted by molar-refractivity contribution is 0.0997. The van der Waals surface area contributed by atoms with E-state index in [0.717, 1.165) is 11.3 Å². The number of ether oxygens (including phenoxy) is 2. The maximum atomic E-state index is 12.6. The third kappa shape index (κ3) is 3.41. The Morgan fingerprint density at radius 2 is 1.90 bits per heavy atom. The van der Waals surface area contributed by atoms with E-state index in [1.54, 1.807) is 30.3 Å². The van der Waals surface area contributed by atoms with E-state index in [2.05, 4.69) is 20.8 Å². The lowest BCUT2D eigenvalue weighted by atomic mass is 10.1. The van der Waals surface area contributed by atoms with Crippen molar-refractivity contribution in [2.24, 2.45) is 0 Å². The summed E-state index contributed by atoms with van der Waals surface area (Å²) in [5, 5.41) is 13.9. The van der Waals surface area contributed by atoms with Crippen molar-refractivity contribution in [3.63, 3.8) is 0 Å². The molecule has 0 radical (unpaired) electrons. The number of hydrogen-bond donors (Lipinski definition) is 1. The second kappa shape index (κ2) is 7.12. The molecule has 4 aromatic rings. The smallest absolute Gasteiger partial charge is 0.291 e. The van der Waals surface area contributed by atoms with Crippen molar-refractivity contribution in [3.05, 3.63) is 66.7 Å². The van der Waals surface area contributed by atoms with Gasteiger partial charge in [-0.15, -0.1) is 5.10 Å². The Kier molecular flexibility index (Phi) is 4.17. The van der Waals surface area contributed by atoms with Crippen LogP contribution in [-0.4, -0.2) is 39.3 Å². The summed E-state index contributed by atoms with van der Waals surface area (Å²) < 4.78 is 18.4. The van der Waals surface area contributed by atoms with Crippen molar-refractivity contribution in [2.45, 2.75) is 0 Å². The van der Waals surface area contributed by atoms with Gasteiger partial charge in [-0.1, -0.05) is 6.07 Å². The number of aromatic nitrogens is 4. The Labute approximate surface area is 164 Å². The van der Waals surface area contributed by atoms with Crippen molar-refractivity contribution in [2.75, 3.05) is 18.5 Å². The maximum absolute atomic E-state index is 12.6. The summed E-state index contributed by atoms with van der Waals surface area (Å²) in [4.78, 5) is 12.6. The normalized spacial score (nSPS) is 12.6. The molecule has 0 atom stereocenters. The topological polar surface area (TPSA) is 104 Å². The number of anilines is 1. The van der Waals surface area contributed by atoms with Gasteiger partial charge in [-0.25, -0.2) is 4.68 Å². The van der Waals surface area contributed by atoms with Gasteiger partial charge in [-0.05, 0) is 59.0 Å². The summed E-state index contributed by atoms with van der Waals surface area (Å²) in [7, 11) is 0. The number of furan rings is 1. The van der Waals surface area contributed by atoms with Crippen molar-refractivity contribution in [3.8, 4) is 28.5 Å². The van der Waals surface area contributed by atoms with E-state index >= 15 is 0 Å². The highest BCUT2D eigenvalue weighted by molar-refractivity contribution is 6.02. The number of carbonyl (C=O) groups excluding carboxylic acids is 1. The third-order valence-corrected chi connectivity index (χ3v) is 4.37. The second-order valence-corrected chi connectivity index (χ2v) is 6.28. The summed E-state index contributed by atoms with van der Waals surface area (Å²) in [5.41, 5.74) is 2.12. The molecule has 1 aliphatic heterocycles. The molecular weight excluding hydrogens is 374 g/mol. The first kappa shape index (κ1) is 17.0. The molecule has 0 fully saturated rings. The quantitative estimate of drug-likeness (QED) is 0.572. The molecule has 9 heteroatoms. The zero-order valence-corrected chi connectivity index (χ0v) is 15.1. The van der Waals surface area contributed by atoms with Crippen molar-refractivity contribution in [1.82, 2.24) is 20.2 Å². The molecule has 29 heavy (non-hydrogen) atoms. The predicted octanol–water partition coefficient (Wildman–Crippen LogP) is 2.95. The van der Waals surface area contributed by atoms with Crippen LogP contribution in [0.25, 0.3) is 17.0 Å². The number of nitrogens with zero attached hydrogens (tertiary/aromatic N) is 4. The van der Waals surface area contributed by atoms with Crippen LogP contribution in [0.4, 0.5) is 5.69 Å². The number of hydrogen-bond acceptors (Lipinski definition) is 7. The molecule has 1 aliphatic rings. The Morgan fingerprint density at radius 3 is 2.76 bits per heavy atom. The molecule has 9 nitrogen and oxygen atoms in total. The highest BCUT2D eigenvalue weighted by atomic mass is 16.6. The van der Waals surface area contributed by atoms with Gasteiger partial charge in [0.2, 0.25) is 0 Å². The fraction of sp³-hybridized carbons (Fsp3) is 0.100. The summed E-state index contributed by atoms with van der Waals surface area (Å²) in [6.07, 6.45) is 1.48. The fourth-order valence-electron chi connectivity index (χ4n) is 3.01. The van der Waals surface area contributed by atoms with E-state index in [0.29, 0.717) is 36.2 Å². The van der Waals surface area contributed by atoms with Crippen molar-refractivity contribution in [1.29, 1.82) is 0 Å². The zero-order chi connectivity index (χ0) is 19.6. The number of benzene rings is 2. The zero-order valence-electron chi connectivity index (χ0n) is 15.1. The van der Waals surface area contributed by atoms with Crippen molar-refractivity contribution >= 4 is 11.6 Å². The molecule has 2 aromatic carbocycles. The molecule has 5 rings (SSSR count). The molecule has 0 saturated carbocycles. The Hall–Kier alpha value is -4.14. The van der Waals surface area contributed by atoms with Gasteiger partial charge in [0, 0.05) is 11.3 Å². The number of rotatable bonds is 4. The van der Waals surface area contributed by atoms with Crippen LogP contribution in [0.5, 0.6) is 11.5 Å². The molecule has 144 valence electrons. The van der Waals surface area contributed by atoms with Gasteiger partial charge in [0.05, 0.1) is 5.69 Å². The predicted molar refractivity (Wildman–Crippen MR) is 102 cm³/mol. The Bertz CT molecular complexity index is 1170. The highest BCUT2D eigenvalue weighted by Gasteiger charge is 2.16. The van der Waals surface area contributed by atoms with Gasteiger partial charge in [0.15, 0.2) is 17.3 Å². The minimum Gasteiger partial charge on any atom is -0.486 e. The first-order chi connectivity index (χ1) is 14.3. The molecule has 2 aromatic heterocycles. The van der Waals surface area contributed by atoms with Crippen LogP contribution in [0.1, 0.15) is 10.6 Å². The van der Waals surface area contributed by atoms with Crippen LogP contribution in [0, 0.1) is 0 Å². The van der Waals surface area contributed by atoms with E-state index in [-0.39, 0.29) is 11.7 Å². The number of carbonyl (C=O) groups is 1. The lowest BCUT2D eigenvalue weighted by Gasteiger charge is -2.18. The lowest BCUT2D eigenvalue weighted by Crippen LogP contribution is -2.15. The van der Waals surface area contributed by atoms with E-state index in [4.69, 9.17) is 13.9 Å². The van der Waals surface area contributed by atoms with E-state index in [1.165, 1.54) is 11.0 Å². The first-order valence-corrected chi connectivity index (χ1v) is 8.91. The number of tetrazole rings is 1. The molecular formula is C20H15N5O4. The summed E-state index contributed by atoms with van der Waals surface area (Å²) in [6, 6.07) is 16.1. The number of fused-ring (bicyclic) bond motifs is 1. The molecule has 0 unspecified atom stereocenters. The molecule has 1 amide bonds. The average Bonchev–Trinajstić information content (AvgIpc) is 3.46. The third-order valence-electron chi connectivity index (χ3n) is 4.37. The molecule has 3 heterocycles. The molecule has 0 saturated heterocycles. The van der Waals surface area contributed by atoms with Crippen LogP contribution in [0.3, 0.4) is 0 Å². The molecule has 0 spiro atoms. The maximum Gasteiger partial charge on any atom is 0.291 e. The number of nitrogens with one attached hydrogen (secondary N) is 1. The van der Waals surface area contributed by atoms with Gasteiger partial charge >= 0.3 is 0 Å². The summed E-state index contributed by atoms with van der Waals surface area (Å²) in [5.74, 6) is 1.77. The minimum atomic E-state index is -0.359. The largest absolute Gasteiger partial charge is 0.486 e. The van der Waals surface area contributed by atoms with Crippen LogP contribution in [0.2, 0.25) is 0 Å². The highest BCUT2D eigenvalue weighted by Crippen LogP contribution is 2.35. The average molecular weight is 389 g/mol. The van der Waals surface area contributed by atoms with Gasteiger partial charge in [0.1, 0.15) is 25.3 Å². The Balaban J connectivity index is 1.34. The van der Waals surface area contributed by atoms with Gasteiger partial charge in [0.25, 0.3) is 5.91 Å². The molecule has 0 bridgehead atoms. The van der Waals surface area contributed by atoms with Crippen LogP contribution in [0.15, 0.2) is 65.3 Å². The van der Waals surface area contributed by atoms with E-state index in [9.17, 15) is 4.79 Å². The minimum absolute atomic E-state index is 0.197. The second-order valence-electron chi connectivity index (χ2n) is 6.28. The van der Waals surface area contributed by atoms with Crippen LogP contribution < -0.4 is 14.8 Å². The SMILES string of the molecule is O=C(Nc1cccc(-n2cnnn2)c1)c1ccc(-c2ccc3c(c2)OCCO3)o1.